The van der Waals surface area contributed by atoms with Crippen molar-refractivity contribution in [1.82, 2.24) is 0 Å². The molecule has 3 rings (SSSR count). The highest BCUT2D eigenvalue weighted by atomic mass is 16.8. The van der Waals surface area contributed by atoms with Gasteiger partial charge in [0.1, 0.15) is 6.10 Å². The molecule has 1 N–H and O–H groups in total. The highest BCUT2D eigenvalue weighted by Gasteiger charge is 2.57. The van der Waals surface area contributed by atoms with E-state index in [9.17, 15) is 9.90 Å². The Morgan fingerprint density at radius 3 is 2.96 bits per heavy atom. The van der Waals surface area contributed by atoms with Crippen molar-refractivity contribution in [3.8, 4) is 0 Å². The van der Waals surface area contributed by atoms with Crippen LogP contribution in [-0.4, -0.2) is 29.6 Å². The highest BCUT2D eigenvalue weighted by Crippen LogP contribution is 2.41. The lowest BCUT2D eigenvalue weighted by atomic mass is 9.91. The zero-order valence-electron chi connectivity index (χ0n) is 15.7. The predicted molar refractivity (Wildman–Crippen MR) is 97.3 cm³/mol. The Bertz CT molecular complexity index is 606. The lowest BCUT2D eigenvalue weighted by Crippen LogP contribution is -2.16. The first kappa shape index (κ1) is 19.2. The Balaban J connectivity index is 1.28. The highest BCUT2D eigenvalue weighted by molar-refractivity contribution is 5.76. The summed E-state index contributed by atoms with van der Waals surface area (Å²) >= 11 is 0. The number of fused-ring (bicyclic) bond motifs is 1. The molecule has 2 aliphatic rings. The van der Waals surface area contributed by atoms with Crippen LogP contribution in [0.4, 0.5) is 0 Å². The topological polar surface area (TPSA) is 72.2 Å². The summed E-state index contributed by atoms with van der Waals surface area (Å²) in [5.74, 6) is 0.268. The molecule has 1 aromatic heterocycles. The van der Waals surface area contributed by atoms with Gasteiger partial charge in [-0.1, -0.05) is 31.4 Å². The van der Waals surface area contributed by atoms with Crippen LogP contribution < -0.4 is 0 Å². The van der Waals surface area contributed by atoms with Crippen molar-refractivity contribution in [2.45, 2.75) is 77.3 Å². The molecule has 144 valence electrons. The molecule has 0 amide bonds. The lowest BCUT2D eigenvalue weighted by Gasteiger charge is -2.17. The number of hydrogen-bond donors (Lipinski definition) is 1. The number of aryl methyl sites for hydroxylation is 1. The van der Waals surface area contributed by atoms with Crippen molar-refractivity contribution in [1.29, 1.82) is 0 Å². The van der Waals surface area contributed by atoms with Crippen molar-refractivity contribution < 1.29 is 23.8 Å². The van der Waals surface area contributed by atoms with Crippen LogP contribution in [0.1, 0.15) is 57.9 Å². The molecule has 3 unspecified atom stereocenters. The van der Waals surface area contributed by atoms with Gasteiger partial charge < -0.3 is 19.0 Å². The fraction of sp³-hybridized carbons (Fsp3) is 0.667. The molecule has 5 atom stereocenters. The van der Waals surface area contributed by atoms with Gasteiger partial charge in [0.15, 0.2) is 0 Å². The summed E-state index contributed by atoms with van der Waals surface area (Å²) in [6.07, 6.45) is 11.4. The van der Waals surface area contributed by atoms with Gasteiger partial charge in [-0.15, -0.1) is 0 Å². The molecule has 0 spiro atoms. The number of allylic oxidation sites excluding steroid dienone is 1. The van der Waals surface area contributed by atoms with Crippen LogP contribution in [0.5, 0.6) is 0 Å². The van der Waals surface area contributed by atoms with Gasteiger partial charge in [-0.05, 0) is 56.6 Å². The van der Waals surface area contributed by atoms with Gasteiger partial charge in [0.25, 0.3) is 0 Å². The summed E-state index contributed by atoms with van der Waals surface area (Å²) < 4.78 is 15.4. The average Bonchev–Trinajstić information content (AvgIpc) is 3.00. The minimum atomic E-state index is -0.303. The molecule has 0 aliphatic carbocycles. The summed E-state index contributed by atoms with van der Waals surface area (Å²) in [6, 6.07) is 1.99. The molecule has 26 heavy (non-hydrogen) atoms. The summed E-state index contributed by atoms with van der Waals surface area (Å²) in [5.41, 5.74) is 2.44. The first-order valence-electron chi connectivity index (χ1n) is 9.73. The number of carbonyl (C=O) groups is 1. The number of carbonyl (C=O) groups excluding carboxylic acids is 1. The van der Waals surface area contributed by atoms with E-state index in [-0.39, 0.29) is 30.4 Å². The zero-order valence-corrected chi connectivity index (χ0v) is 15.7. The lowest BCUT2D eigenvalue weighted by molar-refractivity contribution is -0.151. The Labute approximate surface area is 155 Å². The van der Waals surface area contributed by atoms with Gasteiger partial charge in [-0.3, -0.25) is 4.79 Å². The van der Waals surface area contributed by atoms with Gasteiger partial charge in [0.2, 0.25) is 6.29 Å². The summed E-state index contributed by atoms with van der Waals surface area (Å²) in [7, 11) is 0. The molecule has 0 radical (unpaired) electrons. The zero-order chi connectivity index (χ0) is 18.5. The van der Waals surface area contributed by atoms with Gasteiger partial charge in [-0.2, -0.15) is 0 Å². The third-order valence-corrected chi connectivity index (χ3v) is 5.36. The van der Waals surface area contributed by atoms with Crippen LogP contribution in [0.2, 0.25) is 0 Å². The van der Waals surface area contributed by atoms with Crippen LogP contribution in [0.25, 0.3) is 0 Å². The number of esters is 1. The Morgan fingerprint density at radius 2 is 2.27 bits per heavy atom. The van der Waals surface area contributed by atoms with Crippen molar-refractivity contribution in [2.75, 3.05) is 0 Å². The minimum Gasteiger partial charge on any atom is -0.472 e. The Morgan fingerprint density at radius 1 is 1.42 bits per heavy atom. The van der Waals surface area contributed by atoms with E-state index >= 15 is 0 Å². The number of ether oxygens (including phenoxy) is 2. The standard InChI is InChI=1S/C21H30O5/c1-14(5-3-7-16-9-10-24-13-16)11-17(22)12-15(2)6-4-8-18-19-21(25-19)26-20(18)23/h5,9-10,13,15,17-19,21-22H,3-4,6-8,11-12H2,1-2H3/b14-5+/t15-,17+,18?,19?,21?/m1/s1. The Hall–Kier alpha value is -1.59. The average molecular weight is 362 g/mol. The normalized spacial score (nSPS) is 27.1. The number of hydrogen-bond acceptors (Lipinski definition) is 5. The van der Waals surface area contributed by atoms with Crippen molar-refractivity contribution in [3.05, 3.63) is 35.8 Å². The van der Waals surface area contributed by atoms with Crippen molar-refractivity contribution in [2.24, 2.45) is 11.8 Å². The van der Waals surface area contributed by atoms with Crippen LogP contribution >= 0.6 is 0 Å². The predicted octanol–water partition coefficient (Wildman–Crippen LogP) is 4.00. The van der Waals surface area contributed by atoms with E-state index in [0.29, 0.717) is 5.92 Å². The van der Waals surface area contributed by atoms with E-state index < -0.39 is 0 Å². The minimum absolute atomic E-state index is 0.0123. The maximum Gasteiger partial charge on any atom is 0.314 e. The third kappa shape index (κ3) is 5.45. The van der Waals surface area contributed by atoms with Gasteiger partial charge in [0, 0.05) is 0 Å². The molecule has 0 bridgehead atoms. The van der Waals surface area contributed by atoms with Crippen molar-refractivity contribution >= 4 is 5.97 Å². The molecule has 2 aliphatic heterocycles. The van der Waals surface area contributed by atoms with Gasteiger partial charge in [0.05, 0.1) is 24.5 Å². The monoisotopic (exact) mass is 362 g/mol. The van der Waals surface area contributed by atoms with Crippen molar-refractivity contribution in [3.63, 3.8) is 0 Å². The van der Waals surface area contributed by atoms with E-state index in [1.54, 1.807) is 12.5 Å². The van der Waals surface area contributed by atoms with E-state index in [0.717, 1.165) is 44.9 Å². The van der Waals surface area contributed by atoms with Gasteiger partial charge in [-0.25, -0.2) is 0 Å². The van der Waals surface area contributed by atoms with Crippen LogP contribution in [0.3, 0.4) is 0 Å². The molecule has 2 saturated heterocycles. The third-order valence-electron chi connectivity index (χ3n) is 5.36. The molecule has 5 nitrogen and oxygen atoms in total. The number of rotatable bonds is 11. The Kier molecular flexibility index (Phi) is 6.54. The maximum absolute atomic E-state index is 11.6. The first-order chi connectivity index (χ1) is 12.5. The fourth-order valence-electron chi connectivity index (χ4n) is 3.83. The van der Waals surface area contributed by atoms with E-state index in [1.807, 2.05) is 6.07 Å². The van der Waals surface area contributed by atoms with E-state index in [2.05, 4.69) is 19.9 Å². The second kappa shape index (κ2) is 8.87. The molecular weight excluding hydrogens is 332 g/mol. The number of furan rings is 1. The first-order valence-corrected chi connectivity index (χ1v) is 9.73. The smallest absolute Gasteiger partial charge is 0.314 e. The molecule has 3 heterocycles. The SMILES string of the molecule is C/C(=C\CCc1ccoc1)C[C@H](O)C[C@H](C)CCCC1C(=O)OC2OC21. The van der Waals surface area contributed by atoms with Gasteiger partial charge >= 0.3 is 5.97 Å². The number of epoxide rings is 1. The number of aliphatic hydroxyl groups excluding tert-OH is 1. The summed E-state index contributed by atoms with van der Waals surface area (Å²) in [4.78, 5) is 11.6. The van der Waals surface area contributed by atoms with E-state index in [1.165, 1.54) is 11.1 Å². The molecule has 0 aromatic carbocycles. The van der Waals surface area contributed by atoms with Crippen LogP contribution in [0, 0.1) is 11.8 Å². The quantitative estimate of drug-likeness (QED) is 0.366. The second-order valence-electron chi connectivity index (χ2n) is 7.86. The summed E-state index contributed by atoms with van der Waals surface area (Å²) in [5, 5.41) is 10.3. The fourth-order valence-corrected chi connectivity index (χ4v) is 3.83. The maximum atomic E-state index is 11.6. The van der Waals surface area contributed by atoms with Crippen LogP contribution in [0.15, 0.2) is 34.7 Å². The van der Waals surface area contributed by atoms with E-state index in [4.69, 9.17) is 13.9 Å². The summed E-state index contributed by atoms with van der Waals surface area (Å²) in [6.45, 7) is 4.26. The second-order valence-corrected chi connectivity index (χ2v) is 7.86. The molecule has 1 aromatic rings. The molecule has 5 heteroatoms. The largest absolute Gasteiger partial charge is 0.472 e. The molecule has 0 saturated carbocycles. The number of aliphatic hydroxyl groups is 1. The van der Waals surface area contributed by atoms with Crippen LogP contribution in [-0.2, 0) is 20.7 Å². The molecule has 2 fully saturated rings. The molecular formula is C21H30O5.